The van der Waals surface area contributed by atoms with Crippen molar-refractivity contribution in [3.05, 3.63) is 70.0 Å². The summed E-state index contributed by atoms with van der Waals surface area (Å²) in [5, 5.41) is 22.5. The zero-order valence-corrected chi connectivity index (χ0v) is 22.3. The van der Waals surface area contributed by atoms with Crippen LogP contribution < -0.4 is 16.2 Å². The van der Waals surface area contributed by atoms with E-state index in [1.54, 1.807) is 6.92 Å². The number of thioether (sulfide) groups is 1. The van der Waals surface area contributed by atoms with Crippen LogP contribution in [0.2, 0.25) is 0 Å². The minimum Gasteiger partial charge on any atom is -0.481 e. The Balaban J connectivity index is 1.50. The molecule has 4 rings (SSSR count). The molecule has 39 heavy (non-hydrogen) atoms. The van der Waals surface area contributed by atoms with Gasteiger partial charge in [0, 0.05) is 18.1 Å². The van der Waals surface area contributed by atoms with Gasteiger partial charge in [-0.25, -0.2) is 9.61 Å². The topological polar surface area (TPSA) is 169 Å². The molecule has 2 aromatic heterocycles. The number of benzene rings is 1. The lowest BCUT2D eigenvalue weighted by Gasteiger charge is -2.32. The van der Waals surface area contributed by atoms with Gasteiger partial charge in [-0.05, 0) is 25.3 Å². The van der Waals surface area contributed by atoms with Crippen molar-refractivity contribution >= 4 is 35.2 Å². The van der Waals surface area contributed by atoms with E-state index in [0.29, 0.717) is 42.8 Å². The van der Waals surface area contributed by atoms with Crippen LogP contribution in [0.5, 0.6) is 0 Å². The average molecular weight is 555 g/mol. The van der Waals surface area contributed by atoms with Crippen molar-refractivity contribution in [1.82, 2.24) is 25.2 Å². The van der Waals surface area contributed by atoms with E-state index in [0.717, 1.165) is 5.56 Å². The van der Waals surface area contributed by atoms with Crippen LogP contribution in [0.15, 0.2) is 52.1 Å². The first kappa shape index (κ1) is 28.0. The van der Waals surface area contributed by atoms with Gasteiger partial charge >= 0.3 is 5.97 Å². The minimum atomic E-state index is -1.27. The van der Waals surface area contributed by atoms with Gasteiger partial charge in [0.05, 0.1) is 24.8 Å². The molecule has 2 heterocycles. The van der Waals surface area contributed by atoms with Gasteiger partial charge in [0.25, 0.3) is 5.56 Å². The molecule has 3 aromatic rings. The molecule has 1 unspecified atom stereocenters. The number of Topliss-reactive ketones (excluding diaryl/α,β-unsaturated/α-hetero) is 1. The Kier molecular flexibility index (Phi) is 9.12. The summed E-state index contributed by atoms with van der Waals surface area (Å²) in [6, 6.07) is 8.38. The number of carbonyl (C=O) groups excluding carboxylic acids is 2. The number of ketones is 1. The van der Waals surface area contributed by atoms with E-state index >= 15 is 0 Å². The lowest BCUT2D eigenvalue weighted by atomic mass is 9.94. The first-order valence-corrected chi connectivity index (χ1v) is 13.7. The molecule has 12 nitrogen and oxygen atoms in total. The van der Waals surface area contributed by atoms with Crippen LogP contribution in [0, 0.1) is 6.92 Å². The van der Waals surface area contributed by atoms with Gasteiger partial charge < -0.3 is 15.7 Å². The molecule has 0 radical (unpaired) electrons. The molecule has 1 atom stereocenters. The van der Waals surface area contributed by atoms with Crippen molar-refractivity contribution in [3.63, 3.8) is 0 Å². The molecular weight excluding hydrogens is 524 g/mol. The number of aliphatic carboxylic acids is 1. The van der Waals surface area contributed by atoms with Gasteiger partial charge in [0.15, 0.2) is 11.6 Å². The number of aromatic nitrogens is 4. The molecule has 1 fully saturated rings. The van der Waals surface area contributed by atoms with Crippen molar-refractivity contribution < 1.29 is 24.1 Å². The van der Waals surface area contributed by atoms with E-state index in [9.17, 15) is 24.3 Å². The number of aryl methyl sites for hydroxylation is 1. The van der Waals surface area contributed by atoms with Gasteiger partial charge in [-0.2, -0.15) is 0 Å². The number of anilines is 1. The third-order valence-electron chi connectivity index (χ3n) is 6.75. The standard InChI is InChI=1S/C26H30N6O6S/c1-17-20(31-38-30-17)14-28-23-24(36)32(12-11-27-23)26(9-5-6-10-26)25(37)29-19(13-22(34)35)21(33)16-39-15-18-7-3-2-4-8-18/h2-4,7-8,11-12,19H,5-6,9-10,13-16H2,1H3,(H,27,28)(H,29,37)(H,34,35). The van der Waals surface area contributed by atoms with E-state index < -0.39 is 35.4 Å². The summed E-state index contributed by atoms with van der Waals surface area (Å²) in [5.74, 6) is -1.50. The van der Waals surface area contributed by atoms with Crippen molar-refractivity contribution in [2.24, 2.45) is 0 Å². The van der Waals surface area contributed by atoms with E-state index in [-0.39, 0.29) is 23.9 Å². The summed E-state index contributed by atoms with van der Waals surface area (Å²) in [7, 11) is 0. The number of amides is 1. The Labute approximate surface area is 228 Å². The maximum absolute atomic E-state index is 13.7. The quantitative estimate of drug-likeness (QED) is 0.283. The number of nitrogens with zero attached hydrogens (tertiary/aromatic N) is 4. The molecule has 0 spiro atoms. The molecule has 0 saturated heterocycles. The van der Waals surface area contributed by atoms with Gasteiger partial charge in [-0.1, -0.05) is 53.5 Å². The van der Waals surface area contributed by atoms with Crippen molar-refractivity contribution in [1.29, 1.82) is 0 Å². The lowest BCUT2D eigenvalue weighted by Crippen LogP contribution is -2.55. The molecule has 3 N–H and O–H groups in total. The number of carboxylic acids is 1. The fourth-order valence-corrected chi connectivity index (χ4v) is 5.57. The van der Waals surface area contributed by atoms with Crippen molar-refractivity contribution in [2.75, 3.05) is 11.1 Å². The molecule has 206 valence electrons. The summed E-state index contributed by atoms with van der Waals surface area (Å²) in [4.78, 5) is 55.8. The number of hydrogen-bond acceptors (Lipinski definition) is 10. The Bertz CT molecular complexity index is 1370. The summed E-state index contributed by atoms with van der Waals surface area (Å²) in [6.07, 6.45) is 4.45. The number of rotatable bonds is 13. The van der Waals surface area contributed by atoms with E-state index in [1.807, 2.05) is 30.3 Å². The SMILES string of the molecule is Cc1nonc1CNc1nccn(C2(C(=O)NC(CC(=O)O)C(=O)CSCc3ccccc3)CCCC2)c1=O. The highest BCUT2D eigenvalue weighted by atomic mass is 32.2. The molecular formula is C26H30N6O6S. The van der Waals surface area contributed by atoms with E-state index in [2.05, 4.69) is 30.6 Å². The van der Waals surface area contributed by atoms with Crippen LogP contribution >= 0.6 is 11.8 Å². The first-order chi connectivity index (χ1) is 18.8. The second kappa shape index (κ2) is 12.7. The largest absolute Gasteiger partial charge is 0.481 e. The summed E-state index contributed by atoms with van der Waals surface area (Å²) < 4.78 is 6.02. The number of carboxylic acid groups (broad SMARTS) is 1. The molecule has 0 bridgehead atoms. The van der Waals surface area contributed by atoms with Crippen LogP contribution in [-0.4, -0.2) is 54.4 Å². The third-order valence-corrected chi connectivity index (χ3v) is 7.78. The summed E-state index contributed by atoms with van der Waals surface area (Å²) >= 11 is 1.35. The zero-order chi connectivity index (χ0) is 27.8. The van der Waals surface area contributed by atoms with Crippen LogP contribution in [0.4, 0.5) is 5.82 Å². The van der Waals surface area contributed by atoms with Gasteiger partial charge in [0.2, 0.25) is 5.91 Å². The normalized spacial score (nSPS) is 15.0. The number of carbonyl (C=O) groups is 3. The van der Waals surface area contributed by atoms with Gasteiger partial charge in [0.1, 0.15) is 16.9 Å². The smallest absolute Gasteiger partial charge is 0.305 e. The van der Waals surface area contributed by atoms with Crippen molar-refractivity contribution in [2.45, 2.75) is 62.9 Å². The molecule has 0 aliphatic heterocycles. The van der Waals surface area contributed by atoms with Crippen LogP contribution in [0.3, 0.4) is 0 Å². The van der Waals surface area contributed by atoms with Gasteiger partial charge in [-0.3, -0.25) is 23.7 Å². The molecule has 13 heteroatoms. The summed E-state index contributed by atoms with van der Waals surface area (Å²) in [6.45, 7) is 1.87. The predicted molar refractivity (Wildman–Crippen MR) is 143 cm³/mol. The lowest BCUT2D eigenvalue weighted by molar-refractivity contribution is -0.140. The maximum Gasteiger partial charge on any atom is 0.305 e. The van der Waals surface area contributed by atoms with E-state index in [4.69, 9.17) is 0 Å². The fourth-order valence-electron chi connectivity index (χ4n) is 4.64. The molecule has 1 aromatic carbocycles. The van der Waals surface area contributed by atoms with Crippen LogP contribution in [0.1, 0.15) is 49.1 Å². The zero-order valence-electron chi connectivity index (χ0n) is 21.5. The maximum atomic E-state index is 13.7. The highest BCUT2D eigenvalue weighted by Gasteiger charge is 2.45. The van der Waals surface area contributed by atoms with Crippen LogP contribution in [0.25, 0.3) is 0 Å². The Morgan fingerprint density at radius 1 is 1.18 bits per heavy atom. The fraction of sp³-hybridized carbons (Fsp3) is 0.423. The second-order valence-corrected chi connectivity index (χ2v) is 10.4. The predicted octanol–water partition coefficient (Wildman–Crippen LogP) is 2.28. The molecule has 1 amide bonds. The average Bonchev–Trinajstić information content (AvgIpc) is 3.58. The second-order valence-electron chi connectivity index (χ2n) is 9.41. The molecule has 1 aliphatic carbocycles. The summed E-state index contributed by atoms with van der Waals surface area (Å²) in [5.41, 5.74) is 0.343. The Hall–Kier alpha value is -4.00. The van der Waals surface area contributed by atoms with Crippen LogP contribution in [-0.2, 0) is 32.2 Å². The van der Waals surface area contributed by atoms with Crippen molar-refractivity contribution in [3.8, 4) is 0 Å². The monoisotopic (exact) mass is 554 g/mol. The van der Waals surface area contributed by atoms with Gasteiger partial charge in [-0.15, -0.1) is 11.8 Å². The third kappa shape index (κ3) is 6.72. The number of hydrogen-bond donors (Lipinski definition) is 3. The Morgan fingerprint density at radius 2 is 1.92 bits per heavy atom. The first-order valence-electron chi connectivity index (χ1n) is 12.6. The Morgan fingerprint density at radius 3 is 2.59 bits per heavy atom. The highest BCUT2D eigenvalue weighted by molar-refractivity contribution is 7.99. The molecule has 1 aliphatic rings. The minimum absolute atomic E-state index is 0.0226. The van der Waals surface area contributed by atoms with E-state index in [1.165, 1.54) is 28.7 Å². The highest BCUT2D eigenvalue weighted by Crippen LogP contribution is 2.36. The number of nitrogens with one attached hydrogen (secondary N) is 2. The molecule has 1 saturated carbocycles.